The van der Waals surface area contributed by atoms with Crippen molar-refractivity contribution in [1.29, 1.82) is 0 Å². The van der Waals surface area contributed by atoms with E-state index in [4.69, 9.17) is 22.4 Å². The summed E-state index contributed by atoms with van der Waals surface area (Å²) in [5.41, 5.74) is 7.73. The summed E-state index contributed by atoms with van der Waals surface area (Å²) in [5, 5.41) is 9.84. The number of nitrogens with two attached hydrogens (primary N) is 1. The van der Waals surface area contributed by atoms with Gasteiger partial charge in [0.25, 0.3) is 0 Å². The van der Waals surface area contributed by atoms with Gasteiger partial charge in [0.05, 0.1) is 0 Å². The van der Waals surface area contributed by atoms with Crippen LogP contribution in [0.15, 0.2) is 18.2 Å². The highest BCUT2D eigenvalue weighted by molar-refractivity contribution is 6.31. The molecule has 0 amide bonds. The topological polar surface area (TPSA) is 49.5 Å². The molecule has 94 valence electrons. The molecule has 1 aromatic rings. The number of anilines is 1. The number of aliphatic hydroxyl groups is 1. The van der Waals surface area contributed by atoms with Crippen molar-refractivity contribution in [3.05, 3.63) is 28.8 Å². The van der Waals surface area contributed by atoms with Gasteiger partial charge in [0.1, 0.15) is 0 Å². The van der Waals surface area contributed by atoms with Gasteiger partial charge >= 0.3 is 0 Å². The van der Waals surface area contributed by atoms with E-state index in [0.29, 0.717) is 12.5 Å². The molecule has 0 atom stereocenters. The number of likely N-dealkylation sites (tertiary alicyclic amines) is 1. The zero-order chi connectivity index (χ0) is 12.3. The second-order valence-corrected chi connectivity index (χ2v) is 5.12. The predicted molar refractivity (Wildman–Crippen MR) is 71.0 cm³/mol. The van der Waals surface area contributed by atoms with Crippen LogP contribution in [-0.2, 0) is 6.54 Å². The number of rotatable bonds is 3. The summed E-state index contributed by atoms with van der Waals surface area (Å²) in [7, 11) is 0. The van der Waals surface area contributed by atoms with Gasteiger partial charge in [-0.2, -0.15) is 0 Å². The number of hydrogen-bond acceptors (Lipinski definition) is 3. The SMILES string of the molecule is Nc1cccc(Cl)c1CN1CCC(CO)CC1. The Morgan fingerprint density at radius 1 is 1.35 bits per heavy atom. The maximum absolute atomic E-state index is 9.10. The van der Waals surface area contributed by atoms with Gasteiger partial charge in [-0.05, 0) is 44.0 Å². The van der Waals surface area contributed by atoms with Crippen molar-refractivity contribution in [2.24, 2.45) is 5.92 Å². The van der Waals surface area contributed by atoms with Crippen LogP contribution in [0.1, 0.15) is 18.4 Å². The maximum Gasteiger partial charge on any atom is 0.0471 e. The number of nitrogen functional groups attached to an aromatic ring is 1. The average Bonchev–Trinajstić information content (AvgIpc) is 2.35. The van der Waals surface area contributed by atoms with Crippen LogP contribution in [0.4, 0.5) is 5.69 Å². The third-order valence-electron chi connectivity index (χ3n) is 3.50. The third kappa shape index (κ3) is 3.12. The molecule has 1 saturated heterocycles. The molecule has 4 heteroatoms. The van der Waals surface area contributed by atoms with Gasteiger partial charge in [-0.25, -0.2) is 0 Å². The van der Waals surface area contributed by atoms with Gasteiger partial charge in [0.15, 0.2) is 0 Å². The molecule has 0 bridgehead atoms. The van der Waals surface area contributed by atoms with Gasteiger partial charge in [-0.15, -0.1) is 0 Å². The Hall–Kier alpha value is -0.770. The van der Waals surface area contributed by atoms with E-state index in [0.717, 1.165) is 48.7 Å². The van der Waals surface area contributed by atoms with Crippen LogP contribution in [0.2, 0.25) is 5.02 Å². The van der Waals surface area contributed by atoms with E-state index < -0.39 is 0 Å². The minimum Gasteiger partial charge on any atom is -0.398 e. The summed E-state index contributed by atoms with van der Waals surface area (Å²) < 4.78 is 0. The van der Waals surface area contributed by atoms with Crippen molar-refractivity contribution in [3.63, 3.8) is 0 Å². The fourth-order valence-electron chi connectivity index (χ4n) is 2.29. The summed E-state index contributed by atoms with van der Waals surface area (Å²) in [5.74, 6) is 0.467. The fraction of sp³-hybridized carbons (Fsp3) is 0.538. The van der Waals surface area contributed by atoms with Gasteiger partial charge < -0.3 is 10.8 Å². The molecular formula is C13H19ClN2O. The lowest BCUT2D eigenvalue weighted by Crippen LogP contribution is -2.34. The lowest BCUT2D eigenvalue weighted by molar-refractivity contribution is 0.127. The molecule has 1 aliphatic heterocycles. The molecule has 0 unspecified atom stereocenters. The van der Waals surface area contributed by atoms with Crippen molar-refractivity contribution in [2.75, 3.05) is 25.4 Å². The van der Waals surface area contributed by atoms with E-state index in [9.17, 15) is 0 Å². The molecular weight excluding hydrogens is 236 g/mol. The Balaban J connectivity index is 1.98. The second kappa shape index (κ2) is 5.71. The number of halogens is 1. The molecule has 1 fully saturated rings. The minimum atomic E-state index is 0.308. The Morgan fingerprint density at radius 2 is 2.06 bits per heavy atom. The molecule has 1 heterocycles. The van der Waals surface area contributed by atoms with E-state index in [1.54, 1.807) is 0 Å². The number of benzene rings is 1. The molecule has 0 saturated carbocycles. The predicted octanol–water partition coefficient (Wildman–Crippen LogP) is 2.13. The molecule has 0 aromatic heterocycles. The Bertz CT molecular complexity index is 355. The van der Waals surface area contributed by atoms with Gasteiger partial charge in [0, 0.05) is 29.4 Å². The molecule has 0 radical (unpaired) electrons. The average molecular weight is 255 g/mol. The van der Waals surface area contributed by atoms with Crippen molar-refractivity contribution in [1.82, 2.24) is 4.90 Å². The molecule has 1 aliphatic rings. The number of nitrogens with zero attached hydrogens (tertiary/aromatic N) is 1. The molecule has 0 aliphatic carbocycles. The Labute approximate surface area is 107 Å². The second-order valence-electron chi connectivity index (χ2n) is 4.71. The first-order valence-electron chi connectivity index (χ1n) is 6.06. The van der Waals surface area contributed by atoms with Crippen LogP contribution in [0.25, 0.3) is 0 Å². The Morgan fingerprint density at radius 3 is 2.65 bits per heavy atom. The molecule has 2 rings (SSSR count). The monoisotopic (exact) mass is 254 g/mol. The molecule has 3 N–H and O–H groups in total. The molecule has 1 aromatic carbocycles. The van der Waals surface area contributed by atoms with Crippen molar-refractivity contribution < 1.29 is 5.11 Å². The van der Waals surface area contributed by atoms with Crippen molar-refractivity contribution in [2.45, 2.75) is 19.4 Å². The Kier molecular flexibility index (Phi) is 4.26. The quantitative estimate of drug-likeness (QED) is 0.813. The van der Waals surface area contributed by atoms with Crippen LogP contribution in [-0.4, -0.2) is 29.7 Å². The summed E-state index contributed by atoms with van der Waals surface area (Å²) >= 11 is 6.16. The summed E-state index contributed by atoms with van der Waals surface area (Å²) in [6.45, 7) is 3.14. The molecule has 3 nitrogen and oxygen atoms in total. The third-order valence-corrected chi connectivity index (χ3v) is 3.86. The summed E-state index contributed by atoms with van der Waals surface area (Å²) in [6.07, 6.45) is 2.11. The summed E-state index contributed by atoms with van der Waals surface area (Å²) in [6, 6.07) is 5.65. The first-order valence-corrected chi connectivity index (χ1v) is 6.44. The van der Waals surface area contributed by atoms with E-state index in [1.807, 2.05) is 18.2 Å². The standard InChI is InChI=1S/C13H19ClN2O/c14-12-2-1-3-13(15)11(12)8-16-6-4-10(9-17)5-7-16/h1-3,10,17H,4-9,15H2. The maximum atomic E-state index is 9.10. The van der Waals surface area contributed by atoms with Gasteiger partial charge in [-0.1, -0.05) is 17.7 Å². The zero-order valence-electron chi connectivity index (χ0n) is 9.90. The highest BCUT2D eigenvalue weighted by Crippen LogP contribution is 2.25. The van der Waals surface area contributed by atoms with Gasteiger partial charge in [-0.3, -0.25) is 4.90 Å². The zero-order valence-corrected chi connectivity index (χ0v) is 10.7. The molecule has 0 spiro atoms. The van der Waals surface area contributed by atoms with Crippen LogP contribution in [0.5, 0.6) is 0 Å². The highest BCUT2D eigenvalue weighted by Gasteiger charge is 2.19. The lowest BCUT2D eigenvalue weighted by Gasteiger charge is -2.31. The smallest absolute Gasteiger partial charge is 0.0471 e. The summed E-state index contributed by atoms with van der Waals surface area (Å²) in [4.78, 5) is 2.35. The minimum absolute atomic E-state index is 0.308. The first kappa shape index (κ1) is 12.7. The lowest BCUT2D eigenvalue weighted by atomic mass is 9.97. The van der Waals surface area contributed by atoms with Gasteiger partial charge in [0.2, 0.25) is 0 Å². The fourth-order valence-corrected chi connectivity index (χ4v) is 2.53. The molecule has 17 heavy (non-hydrogen) atoms. The van der Waals surface area contributed by atoms with Crippen LogP contribution in [0, 0.1) is 5.92 Å². The van der Waals surface area contributed by atoms with E-state index in [-0.39, 0.29) is 0 Å². The van der Waals surface area contributed by atoms with Crippen molar-refractivity contribution in [3.8, 4) is 0 Å². The normalized spacial score (nSPS) is 18.5. The number of aliphatic hydroxyl groups excluding tert-OH is 1. The van der Waals surface area contributed by atoms with E-state index in [1.165, 1.54) is 0 Å². The van der Waals surface area contributed by atoms with Crippen molar-refractivity contribution >= 4 is 17.3 Å². The van der Waals surface area contributed by atoms with Crippen LogP contribution >= 0.6 is 11.6 Å². The van der Waals surface area contributed by atoms with Crippen LogP contribution < -0.4 is 5.73 Å². The first-order chi connectivity index (χ1) is 8.20. The van der Waals surface area contributed by atoms with Crippen LogP contribution in [0.3, 0.4) is 0 Å². The van der Waals surface area contributed by atoms with E-state index >= 15 is 0 Å². The number of piperidine rings is 1. The highest BCUT2D eigenvalue weighted by atomic mass is 35.5. The van der Waals surface area contributed by atoms with E-state index in [2.05, 4.69) is 4.90 Å². The largest absolute Gasteiger partial charge is 0.398 e. The number of hydrogen-bond donors (Lipinski definition) is 2.